The first-order valence-electron chi connectivity index (χ1n) is 5.45. The van der Waals surface area contributed by atoms with Gasteiger partial charge in [0.1, 0.15) is 0 Å². The number of thiazole rings is 1. The van der Waals surface area contributed by atoms with E-state index in [1.54, 1.807) is 0 Å². The van der Waals surface area contributed by atoms with Crippen molar-refractivity contribution in [2.45, 2.75) is 33.2 Å². The van der Waals surface area contributed by atoms with E-state index in [4.69, 9.17) is 11.6 Å². The van der Waals surface area contributed by atoms with E-state index in [1.807, 2.05) is 0 Å². The number of methoxy groups -OCH3 is 1. The van der Waals surface area contributed by atoms with Crippen LogP contribution in [0.4, 0.5) is 5.13 Å². The molecule has 0 spiro atoms. The molecule has 17 heavy (non-hydrogen) atoms. The summed E-state index contributed by atoms with van der Waals surface area (Å²) in [6.45, 7) is 6.40. The van der Waals surface area contributed by atoms with Crippen LogP contribution in [-0.2, 0) is 4.74 Å². The Kier molecular flexibility index (Phi) is 5.21. The third-order valence-corrected chi connectivity index (χ3v) is 3.50. The van der Waals surface area contributed by atoms with Crippen LogP contribution in [-0.4, -0.2) is 24.1 Å². The van der Waals surface area contributed by atoms with Gasteiger partial charge in [0.2, 0.25) is 0 Å². The SMILES string of the molecule is COC(=O)c1sc(NC(C)CC(C)C)nc1Cl. The maximum absolute atomic E-state index is 11.3. The molecule has 1 N–H and O–H groups in total. The summed E-state index contributed by atoms with van der Waals surface area (Å²) in [5, 5.41) is 4.08. The maximum atomic E-state index is 11.3. The number of rotatable bonds is 5. The monoisotopic (exact) mass is 276 g/mol. The summed E-state index contributed by atoms with van der Waals surface area (Å²) in [7, 11) is 1.33. The van der Waals surface area contributed by atoms with E-state index < -0.39 is 5.97 Å². The van der Waals surface area contributed by atoms with Crippen LogP contribution in [0.25, 0.3) is 0 Å². The molecule has 0 bridgehead atoms. The minimum Gasteiger partial charge on any atom is -0.465 e. The molecule has 1 rings (SSSR count). The van der Waals surface area contributed by atoms with E-state index in [-0.39, 0.29) is 5.15 Å². The second-order valence-electron chi connectivity index (χ2n) is 4.31. The molecule has 96 valence electrons. The Morgan fingerprint density at radius 1 is 1.53 bits per heavy atom. The Balaban J connectivity index is 2.70. The Labute approximate surface area is 110 Å². The summed E-state index contributed by atoms with van der Waals surface area (Å²) in [5.41, 5.74) is 0. The second-order valence-corrected chi connectivity index (χ2v) is 5.66. The van der Waals surface area contributed by atoms with E-state index in [9.17, 15) is 4.79 Å². The van der Waals surface area contributed by atoms with Crippen LogP contribution in [0.2, 0.25) is 5.15 Å². The van der Waals surface area contributed by atoms with E-state index in [0.29, 0.717) is 22.0 Å². The normalized spacial score (nSPS) is 12.6. The van der Waals surface area contributed by atoms with Crippen LogP contribution in [0.5, 0.6) is 0 Å². The zero-order valence-corrected chi connectivity index (χ0v) is 12.0. The molecule has 0 aliphatic carbocycles. The van der Waals surface area contributed by atoms with E-state index in [0.717, 1.165) is 6.42 Å². The lowest BCUT2D eigenvalue weighted by atomic mass is 10.1. The maximum Gasteiger partial charge on any atom is 0.351 e. The first kappa shape index (κ1) is 14.3. The number of hydrogen-bond donors (Lipinski definition) is 1. The van der Waals surface area contributed by atoms with E-state index in [2.05, 4.69) is 35.8 Å². The number of halogens is 1. The topological polar surface area (TPSA) is 51.2 Å². The van der Waals surface area contributed by atoms with Gasteiger partial charge in [0.15, 0.2) is 15.2 Å². The highest BCUT2D eigenvalue weighted by Gasteiger charge is 2.18. The average Bonchev–Trinajstić information content (AvgIpc) is 2.56. The first-order chi connectivity index (χ1) is 7.93. The van der Waals surface area contributed by atoms with Crippen molar-refractivity contribution >= 4 is 34.0 Å². The molecule has 1 heterocycles. The number of nitrogens with one attached hydrogen (secondary N) is 1. The highest BCUT2D eigenvalue weighted by molar-refractivity contribution is 7.18. The van der Waals surface area contributed by atoms with Gasteiger partial charge in [-0.1, -0.05) is 36.8 Å². The van der Waals surface area contributed by atoms with E-state index >= 15 is 0 Å². The van der Waals surface area contributed by atoms with Crippen LogP contribution >= 0.6 is 22.9 Å². The summed E-state index contributed by atoms with van der Waals surface area (Å²) in [6.07, 6.45) is 1.03. The van der Waals surface area contributed by atoms with Gasteiger partial charge in [0.05, 0.1) is 7.11 Å². The zero-order valence-electron chi connectivity index (χ0n) is 10.4. The van der Waals surface area contributed by atoms with Crippen molar-refractivity contribution in [3.63, 3.8) is 0 Å². The Bertz CT molecular complexity index is 393. The van der Waals surface area contributed by atoms with Gasteiger partial charge in [-0.3, -0.25) is 0 Å². The summed E-state index contributed by atoms with van der Waals surface area (Å²) >= 11 is 7.09. The molecule has 1 aromatic heterocycles. The van der Waals surface area contributed by atoms with Gasteiger partial charge in [-0.2, -0.15) is 0 Å². The molecule has 0 aliphatic heterocycles. The summed E-state index contributed by atoms with van der Waals surface area (Å²) < 4.78 is 4.62. The average molecular weight is 277 g/mol. The molecule has 1 atom stereocenters. The predicted octanol–water partition coefficient (Wildman–Crippen LogP) is 3.43. The Morgan fingerprint density at radius 3 is 2.71 bits per heavy atom. The van der Waals surface area contributed by atoms with Crippen LogP contribution in [0, 0.1) is 5.92 Å². The lowest BCUT2D eigenvalue weighted by molar-refractivity contribution is 0.0606. The zero-order chi connectivity index (χ0) is 13.0. The molecule has 0 saturated heterocycles. The van der Waals surface area contributed by atoms with Crippen molar-refractivity contribution in [1.82, 2.24) is 4.98 Å². The third-order valence-electron chi connectivity index (χ3n) is 2.15. The van der Waals surface area contributed by atoms with Crippen LogP contribution in [0.3, 0.4) is 0 Å². The van der Waals surface area contributed by atoms with Crippen molar-refractivity contribution in [1.29, 1.82) is 0 Å². The number of carbonyl (C=O) groups excluding carboxylic acids is 1. The summed E-state index contributed by atoms with van der Waals surface area (Å²) in [6, 6.07) is 0.294. The fourth-order valence-electron chi connectivity index (χ4n) is 1.56. The van der Waals surface area contributed by atoms with Crippen molar-refractivity contribution < 1.29 is 9.53 Å². The largest absolute Gasteiger partial charge is 0.465 e. The molecule has 0 fully saturated rings. The molecular weight excluding hydrogens is 260 g/mol. The first-order valence-corrected chi connectivity index (χ1v) is 6.64. The van der Waals surface area contributed by atoms with E-state index in [1.165, 1.54) is 18.4 Å². The quantitative estimate of drug-likeness (QED) is 0.837. The Morgan fingerprint density at radius 2 is 2.18 bits per heavy atom. The number of esters is 1. The predicted molar refractivity (Wildman–Crippen MR) is 71.0 cm³/mol. The van der Waals surface area contributed by atoms with Gasteiger partial charge in [0, 0.05) is 6.04 Å². The molecule has 0 aromatic carbocycles. The van der Waals surface area contributed by atoms with Crippen molar-refractivity contribution in [3.05, 3.63) is 10.0 Å². The molecule has 1 aromatic rings. The fraction of sp³-hybridized carbons (Fsp3) is 0.636. The highest BCUT2D eigenvalue weighted by atomic mass is 35.5. The summed E-state index contributed by atoms with van der Waals surface area (Å²) in [5.74, 6) is 0.157. The molecule has 0 radical (unpaired) electrons. The fourth-order valence-corrected chi connectivity index (χ4v) is 2.77. The molecule has 1 unspecified atom stereocenters. The molecular formula is C11H17ClN2O2S. The molecule has 0 saturated carbocycles. The van der Waals surface area contributed by atoms with Gasteiger partial charge in [-0.25, -0.2) is 9.78 Å². The van der Waals surface area contributed by atoms with Gasteiger partial charge in [-0.15, -0.1) is 0 Å². The van der Waals surface area contributed by atoms with Gasteiger partial charge >= 0.3 is 5.97 Å². The number of anilines is 1. The number of aromatic nitrogens is 1. The standard InChI is InChI=1S/C11H17ClN2O2S/c1-6(2)5-7(3)13-11-14-9(12)8(17-11)10(15)16-4/h6-7H,5H2,1-4H3,(H,13,14). The molecule has 4 nitrogen and oxygen atoms in total. The van der Waals surface area contributed by atoms with Gasteiger partial charge in [-0.05, 0) is 19.3 Å². The smallest absolute Gasteiger partial charge is 0.351 e. The van der Waals surface area contributed by atoms with Crippen molar-refractivity contribution in [2.24, 2.45) is 5.92 Å². The van der Waals surface area contributed by atoms with Crippen LogP contribution < -0.4 is 5.32 Å². The number of carbonyl (C=O) groups is 1. The van der Waals surface area contributed by atoms with Crippen molar-refractivity contribution in [3.8, 4) is 0 Å². The Hall–Kier alpha value is -0.810. The summed E-state index contributed by atoms with van der Waals surface area (Å²) in [4.78, 5) is 15.8. The number of hydrogen-bond acceptors (Lipinski definition) is 5. The second kappa shape index (κ2) is 6.21. The minimum atomic E-state index is -0.447. The van der Waals surface area contributed by atoms with Crippen LogP contribution in [0.1, 0.15) is 36.9 Å². The van der Waals surface area contributed by atoms with Gasteiger partial charge in [0.25, 0.3) is 0 Å². The van der Waals surface area contributed by atoms with Gasteiger partial charge < -0.3 is 10.1 Å². The lowest BCUT2D eigenvalue weighted by Gasteiger charge is -2.14. The van der Waals surface area contributed by atoms with Crippen LogP contribution in [0.15, 0.2) is 0 Å². The molecule has 6 heteroatoms. The molecule has 0 aliphatic rings. The number of nitrogens with zero attached hydrogens (tertiary/aromatic N) is 1. The lowest BCUT2D eigenvalue weighted by Crippen LogP contribution is -2.17. The van der Waals surface area contributed by atoms with Crippen molar-refractivity contribution in [2.75, 3.05) is 12.4 Å². The minimum absolute atomic E-state index is 0.195. The molecule has 0 amide bonds. The number of ether oxygens (including phenoxy) is 1. The highest BCUT2D eigenvalue weighted by Crippen LogP contribution is 2.28. The third kappa shape index (κ3) is 4.16.